The van der Waals surface area contributed by atoms with Gasteiger partial charge in [-0.1, -0.05) is 73.7 Å². The molecule has 8 nitrogen and oxygen atoms in total. The lowest BCUT2D eigenvalue weighted by molar-refractivity contribution is -0.139. The van der Waals surface area contributed by atoms with Gasteiger partial charge in [-0.15, -0.1) is 0 Å². The van der Waals surface area contributed by atoms with Crippen LogP contribution in [0.2, 0.25) is 0 Å². The van der Waals surface area contributed by atoms with E-state index in [9.17, 15) is 19.5 Å². The normalized spacial score (nSPS) is 13.1. The highest BCUT2D eigenvalue weighted by Gasteiger charge is 2.29. The average molecular weight is 494 g/mol. The number of carbonyl (C=O) groups is 3. The lowest BCUT2D eigenvalue weighted by atomic mass is 9.98. The summed E-state index contributed by atoms with van der Waals surface area (Å²) in [5.41, 5.74) is 4.50. The molecule has 1 aliphatic rings. The number of carbonyl (C=O) groups excluding carboxylic acids is 2. The van der Waals surface area contributed by atoms with Gasteiger partial charge in [0, 0.05) is 5.92 Å². The van der Waals surface area contributed by atoms with E-state index < -0.39 is 24.0 Å². The number of aromatic nitrogens is 1. The molecule has 9 heteroatoms. The van der Waals surface area contributed by atoms with Crippen LogP contribution < -0.4 is 10.6 Å². The first-order valence-corrected chi connectivity index (χ1v) is 12.3. The van der Waals surface area contributed by atoms with Gasteiger partial charge in [0.25, 0.3) is 5.91 Å². The average Bonchev–Trinajstić information content (AvgIpc) is 3.43. The molecule has 35 heavy (non-hydrogen) atoms. The molecular formula is C26H27N3O5S. The van der Waals surface area contributed by atoms with Crippen molar-refractivity contribution in [3.63, 3.8) is 0 Å². The van der Waals surface area contributed by atoms with Crippen LogP contribution in [0.4, 0.5) is 9.93 Å². The summed E-state index contributed by atoms with van der Waals surface area (Å²) >= 11 is 0.955. The van der Waals surface area contributed by atoms with Gasteiger partial charge in [0.2, 0.25) is 0 Å². The Labute approximate surface area is 207 Å². The molecular weight excluding hydrogens is 466 g/mol. The second-order valence-electron chi connectivity index (χ2n) is 8.82. The zero-order chi connectivity index (χ0) is 24.9. The van der Waals surface area contributed by atoms with Gasteiger partial charge in [-0.25, -0.2) is 14.6 Å². The van der Waals surface area contributed by atoms with Crippen molar-refractivity contribution in [2.75, 3.05) is 11.9 Å². The van der Waals surface area contributed by atoms with Crippen LogP contribution in [0.1, 0.15) is 53.4 Å². The molecule has 0 bridgehead atoms. The van der Waals surface area contributed by atoms with Crippen molar-refractivity contribution in [2.45, 2.75) is 38.6 Å². The molecule has 0 radical (unpaired) electrons. The van der Waals surface area contributed by atoms with Crippen molar-refractivity contribution in [3.05, 3.63) is 70.7 Å². The number of hydrogen-bond donors (Lipinski definition) is 3. The number of hydrogen-bond acceptors (Lipinski definition) is 6. The van der Waals surface area contributed by atoms with Crippen molar-refractivity contribution >= 4 is 34.4 Å². The first kappa shape index (κ1) is 24.4. The second-order valence-corrected chi connectivity index (χ2v) is 9.85. The molecule has 3 N–H and O–H groups in total. The van der Waals surface area contributed by atoms with E-state index in [2.05, 4.69) is 27.8 Å². The zero-order valence-electron chi connectivity index (χ0n) is 19.5. The van der Waals surface area contributed by atoms with Gasteiger partial charge < -0.3 is 15.2 Å². The highest BCUT2D eigenvalue weighted by Crippen LogP contribution is 2.44. The number of rotatable bonds is 9. The molecule has 182 valence electrons. The molecule has 0 fully saturated rings. The number of thiazole rings is 1. The number of anilines is 1. The standard InChI is InChI=1S/C26H27N3O5S/c1-15(2)11-12-21(24(31)32)28-23(30)22-13-27-25(35-22)29-26(33)34-14-20-18-9-5-3-7-16(18)17-8-4-6-10-19(17)20/h3-10,13,15,20-21H,11-12,14H2,1-2H3,(H,28,30)(H,31,32)(H,27,29,33). The summed E-state index contributed by atoms with van der Waals surface area (Å²) in [6.07, 6.45) is 1.64. The number of nitrogens with zero attached hydrogens (tertiary/aromatic N) is 1. The Kier molecular flexibility index (Phi) is 7.45. The number of aliphatic carboxylic acids is 1. The maximum absolute atomic E-state index is 12.5. The van der Waals surface area contributed by atoms with E-state index in [4.69, 9.17) is 4.74 Å². The molecule has 3 aromatic rings. The Morgan fingerprint density at radius 2 is 1.66 bits per heavy atom. The van der Waals surface area contributed by atoms with Gasteiger partial charge in [-0.2, -0.15) is 0 Å². The molecule has 1 aromatic heterocycles. The third kappa shape index (κ3) is 5.68. The Hall–Kier alpha value is -3.72. The number of benzene rings is 2. The molecule has 2 amide bonds. The monoisotopic (exact) mass is 493 g/mol. The topological polar surface area (TPSA) is 118 Å². The van der Waals surface area contributed by atoms with E-state index >= 15 is 0 Å². The fourth-order valence-corrected chi connectivity index (χ4v) is 4.85. The predicted octanol–water partition coefficient (Wildman–Crippen LogP) is 5.12. The highest BCUT2D eigenvalue weighted by molar-refractivity contribution is 7.17. The van der Waals surface area contributed by atoms with Crippen molar-refractivity contribution in [1.29, 1.82) is 0 Å². The van der Waals surface area contributed by atoms with E-state index in [1.807, 2.05) is 50.2 Å². The van der Waals surface area contributed by atoms with Crippen LogP contribution in [-0.2, 0) is 9.53 Å². The lowest BCUT2D eigenvalue weighted by Gasteiger charge is -2.15. The summed E-state index contributed by atoms with van der Waals surface area (Å²) in [6, 6.07) is 15.1. The first-order chi connectivity index (χ1) is 16.8. The zero-order valence-corrected chi connectivity index (χ0v) is 20.3. The van der Waals surface area contributed by atoms with E-state index in [1.165, 1.54) is 6.20 Å². The minimum Gasteiger partial charge on any atom is -0.480 e. The number of ether oxygens (including phenoxy) is 1. The summed E-state index contributed by atoms with van der Waals surface area (Å²) in [5.74, 6) is -1.37. The van der Waals surface area contributed by atoms with E-state index in [-0.39, 0.29) is 22.5 Å². The van der Waals surface area contributed by atoms with Gasteiger partial charge in [0.1, 0.15) is 17.5 Å². The lowest BCUT2D eigenvalue weighted by Crippen LogP contribution is -2.40. The summed E-state index contributed by atoms with van der Waals surface area (Å²) in [5, 5.41) is 14.7. The third-order valence-corrected chi connectivity index (χ3v) is 6.83. The van der Waals surface area contributed by atoms with Crippen LogP contribution >= 0.6 is 11.3 Å². The minimum atomic E-state index is -1.08. The predicted molar refractivity (Wildman–Crippen MR) is 134 cm³/mol. The molecule has 0 saturated heterocycles. The van der Waals surface area contributed by atoms with Crippen LogP contribution in [0.5, 0.6) is 0 Å². The number of carboxylic acids is 1. The van der Waals surface area contributed by atoms with Crippen molar-refractivity contribution < 1.29 is 24.2 Å². The maximum Gasteiger partial charge on any atom is 0.413 e. The first-order valence-electron chi connectivity index (χ1n) is 11.4. The molecule has 4 rings (SSSR count). The van der Waals surface area contributed by atoms with Crippen LogP contribution in [0.15, 0.2) is 54.7 Å². The second kappa shape index (κ2) is 10.7. The molecule has 1 atom stereocenters. The van der Waals surface area contributed by atoms with Crippen LogP contribution in [-0.4, -0.2) is 40.7 Å². The van der Waals surface area contributed by atoms with E-state index in [0.29, 0.717) is 18.8 Å². The van der Waals surface area contributed by atoms with Gasteiger partial charge in [0.05, 0.1) is 6.20 Å². The van der Waals surface area contributed by atoms with Crippen molar-refractivity contribution in [3.8, 4) is 11.1 Å². The number of amides is 2. The van der Waals surface area contributed by atoms with Crippen molar-refractivity contribution in [1.82, 2.24) is 10.3 Å². The Bertz CT molecular complexity index is 1190. The Morgan fingerprint density at radius 3 is 2.26 bits per heavy atom. The largest absolute Gasteiger partial charge is 0.480 e. The van der Waals surface area contributed by atoms with Gasteiger partial charge in [-0.05, 0) is 41.0 Å². The molecule has 1 aliphatic carbocycles. The molecule has 0 saturated carbocycles. The minimum absolute atomic E-state index is 0.0652. The summed E-state index contributed by atoms with van der Waals surface area (Å²) in [6.45, 7) is 4.14. The Morgan fingerprint density at radius 1 is 1.03 bits per heavy atom. The Balaban J connectivity index is 1.34. The smallest absolute Gasteiger partial charge is 0.413 e. The van der Waals surface area contributed by atoms with Crippen molar-refractivity contribution in [2.24, 2.45) is 5.92 Å². The SMILES string of the molecule is CC(C)CCC(NC(=O)c1cnc(NC(=O)OCC2c3ccccc3-c3ccccc32)s1)C(=O)O. The third-order valence-electron chi connectivity index (χ3n) is 5.92. The fraction of sp³-hybridized carbons (Fsp3) is 0.308. The number of nitrogens with one attached hydrogen (secondary N) is 2. The quantitative estimate of drug-likeness (QED) is 0.381. The maximum atomic E-state index is 12.5. The highest BCUT2D eigenvalue weighted by atomic mass is 32.1. The molecule has 0 aliphatic heterocycles. The summed E-state index contributed by atoms with van der Waals surface area (Å²) in [4.78, 5) is 40.7. The van der Waals surface area contributed by atoms with Crippen LogP contribution in [0.25, 0.3) is 11.1 Å². The van der Waals surface area contributed by atoms with Crippen LogP contribution in [0, 0.1) is 5.92 Å². The summed E-state index contributed by atoms with van der Waals surface area (Å²) in [7, 11) is 0. The van der Waals surface area contributed by atoms with Crippen LogP contribution in [0.3, 0.4) is 0 Å². The molecule has 0 spiro atoms. The molecule has 1 heterocycles. The van der Waals surface area contributed by atoms with Gasteiger partial charge >= 0.3 is 12.1 Å². The van der Waals surface area contributed by atoms with Gasteiger partial charge in [-0.3, -0.25) is 10.1 Å². The molecule has 1 unspecified atom stereocenters. The number of fused-ring (bicyclic) bond motifs is 3. The number of carboxylic acid groups (broad SMARTS) is 1. The van der Waals surface area contributed by atoms with E-state index in [0.717, 1.165) is 33.6 Å². The molecule has 2 aromatic carbocycles. The fourth-order valence-electron chi connectivity index (χ4n) is 4.15. The van der Waals surface area contributed by atoms with E-state index in [1.54, 1.807) is 0 Å². The summed E-state index contributed by atoms with van der Waals surface area (Å²) < 4.78 is 5.50. The van der Waals surface area contributed by atoms with Gasteiger partial charge in [0.15, 0.2) is 5.13 Å².